The van der Waals surface area contributed by atoms with Crippen LogP contribution in [0.3, 0.4) is 0 Å². The second-order valence-corrected chi connectivity index (χ2v) is 29.9. The minimum atomic E-state index is -3.25. The Morgan fingerprint density at radius 2 is 0.889 bits per heavy atom. The number of morpholine rings is 3. The first-order valence-electron chi connectivity index (χ1n) is 37.4. The highest BCUT2D eigenvalue weighted by atomic mass is 35.5. The summed E-state index contributed by atoms with van der Waals surface area (Å²) in [5.41, 5.74) is 30.1. The molecule has 11 aromatic heterocycles. The Morgan fingerprint density at radius 1 is 0.470 bits per heavy atom. The third-order valence-electron chi connectivity index (χ3n) is 19.9. The van der Waals surface area contributed by atoms with Gasteiger partial charge in [0.2, 0.25) is 11.5 Å². The number of ether oxygens (including phenoxy) is 3. The summed E-state index contributed by atoms with van der Waals surface area (Å²) in [7, 11) is -3.25. The number of carbonyl (C=O) groups excluding carboxylic acids is 1. The number of halogens is 3. The number of primary amides is 1. The second-order valence-electron chi connectivity index (χ2n) is 27.4. The summed E-state index contributed by atoms with van der Waals surface area (Å²) in [5.74, 6) is -0.616. The molecule has 0 radical (unpaired) electrons. The lowest BCUT2D eigenvalue weighted by molar-refractivity contribution is 0.1000. The van der Waals surface area contributed by atoms with Crippen molar-refractivity contribution in [3.8, 4) is 45.0 Å². The summed E-state index contributed by atoms with van der Waals surface area (Å²) in [6.07, 6.45) is 22.6. The summed E-state index contributed by atoms with van der Waals surface area (Å²) in [6, 6.07) is 53.2. The highest BCUT2D eigenvalue weighted by molar-refractivity contribution is 7.90. The average molecular weight is 1610 g/mol. The number of aromatic amines is 2. The van der Waals surface area contributed by atoms with E-state index in [1.54, 1.807) is 104 Å². The van der Waals surface area contributed by atoms with Gasteiger partial charge in [-0.05, 0) is 164 Å². The lowest BCUT2D eigenvalue weighted by Crippen LogP contribution is -2.36. The first-order valence-corrected chi connectivity index (χ1v) is 39.7. The highest BCUT2D eigenvalue weighted by Gasteiger charge is 2.22. The Hall–Kier alpha value is -14.0. The largest absolute Gasteiger partial charge is 0.384 e. The van der Waals surface area contributed by atoms with Crippen LogP contribution in [0.5, 0.6) is 0 Å². The van der Waals surface area contributed by atoms with Crippen molar-refractivity contribution in [3.05, 3.63) is 283 Å². The lowest BCUT2D eigenvalue weighted by atomic mass is 10.1. The molecular formula is C85H78ClF2N21O7S. The zero-order valence-corrected chi connectivity index (χ0v) is 64.6. The van der Waals surface area contributed by atoms with E-state index in [4.69, 9.17) is 37.3 Å². The molecule has 19 rings (SSSR count). The summed E-state index contributed by atoms with van der Waals surface area (Å²) in [4.78, 5) is 54.4. The molecular weight excluding hydrogens is 1530 g/mol. The van der Waals surface area contributed by atoms with Gasteiger partial charge in [0.15, 0.2) is 32.4 Å². The predicted octanol–water partition coefficient (Wildman–Crippen LogP) is 14.3. The van der Waals surface area contributed by atoms with Gasteiger partial charge in [0.25, 0.3) is 0 Å². The molecule has 16 aromatic rings. The van der Waals surface area contributed by atoms with Crippen molar-refractivity contribution >= 4 is 118 Å². The third kappa shape index (κ3) is 17.4. The van der Waals surface area contributed by atoms with Gasteiger partial charge < -0.3 is 66.6 Å². The number of amides is 1. The molecule has 3 aliphatic rings. The first kappa shape index (κ1) is 77.0. The number of fused-ring (bicyclic) bond motifs is 4. The summed E-state index contributed by atoms with van der Waals surface area (Å²) < 4.78 is 76.6. The van der Waals surface area contributed by atoms with E-state index in [-0.39, 0.29) is 32.7 Å². The third-order valence-corrected chi connectivity index (χ3v) is 21.4. The van der Waals surface area contributed by atoms with Gasteiger partial charge in [-0.3, -0.25) is 32.3 Å². The number of carbonyl (C=O) groups is 1. The molecule has 5 aromatic carbocycles. The van der Waals surface area contributed by atoms with E-state index in [1.165, 1.54) is 24.1 Å². The Labute approximate surface area is 673 Å². The van der Waals surface area contributed by atoms with Crippen molar-refractivity contribution in [2.45, 2.75) is 4.90 Å². The standard InChI is InChI=1S/C22H21FN6O.C22H21N5O2.C21H17ClN4O3S.C20H19FN6O/c23-17-13-16(2-4-20(17)28-9-11-30-12-10-28)27-18-3-5-19(29-8-7-25-22(18)29)15-1-6-21(24)26-14-15;28-21-15-16(7-8-23-21)20-6-5-19(22-24-9-10-27(20)22)25-17-1-3-18(4-2-17)26-11-13-29-14-12-26;1-30(28,29)15-5-3-14(4-6-15)25-18-8-9-19(26-11-10-24-21(18)26)13-2-7-16(20(23)27)17(22)12-13;21-16-11-15(1-3-19(16)26-7-9-28-10-8-26)25-17-2-4-18(14-12-23-24-13-14)27-6-5-22-20(17)27/h1-8,13-14,27H,9-12H2,(H2,24,26);1-10,15,25H,11-14H2,(H,23,28);2-12,25H,1H3,(H2,23,27);1-6,11-13,25H,7-10H2,(H,23,24). The fraction of sp³-hybridized carbons (Fsp3) is 0.153. The monoisotopic (exact) mass is 1610 g/mol. The van der Waals surface area contributed by atoms with E-state index in [0.29, 0.717) is 86.8 Å². The van der Waals surface area contributed by atoms with Crippen molar-refractivity contribution in [2.24, 2.45) is 5.73 Å². The van der Waals surface area contributed by atoms with Crippen LogP contribution < -0.4 is 53.0 Å². The number of hydrogen-bond donors (Lipinski definition) is 8. The van der Waals surface area contributed by atoms with Crippen LogP contribution in [0.1, 0.15) is 10.4 Å². The number of nitrogens with one attached hydrogen (secondary N) is 6. The van der Waals surface area contributed by atoms with Gasteiger partial charge in [-0.15, -0.1) is 0 Å². The van der Waals surface area contributed by atoms with E-state index >= 15 is 0 Å². The second kappa shape index (κ2) is 34.4. The van der Waals surface area contributed by atoms with E-state index in [1.807, 2.05) is 137 Å². The van der Waals surface area contributed by atoms with Crippen molar-refractivity contribution in [1.82, 2.24) is 57.7 Å². The van der Waals surface area contributed by atoms with Crippen LogP contribution in [0.4, 0.5) is 77.2 Å². The molecule has 0 saturated carbocycles. The van der Waals surface area contributed by atoms with E-state index < -0.39 is 15.7 Å². The quantitative estimate of drug-likeness (QED) is 0.0420. The fourth-order valence-corrected chi connectivity index (χ4v) is 15.0. The number of H-pyrrole nitrogens is 2. The first-order chi connectivity index (χ1) is 57.0. The number of sulfone groups is 1. The number of nitrogens with two attached hydrogens (primary N) is 2. The molecule has 0 spiro atoms. The number of aromatic nitrogens is 12. The molecule has 14 heterocycles. The maximum absolute atomic E-state index is 14.7. The van der Waals surface area contributed by atoms with Gasteiger partial charge in [0, 0.05) is 170 Å². The number of nitrogens with zero attached hydrogens (tertiary/aromatic N) is 13. The molecule has 0 aliphatic carbocycles. The van der Waals surface area contributed by atoms with Crippen molar-refractivity contribution in [2.75, 3.05) is 127 Å². The van der Waals surface area contributed by atoms with Crippen LogP contribution in [-0.2, 0) is 24.0 Å². The van der Waals surface area contributed by atoms with E-state index in [0.717, 1.165) is 122 Å². The Kier molecular flexibility index (Phi) is 22.6. The number of pyridine rings is 6. The minimum Gasteiger partial charge on any atom is -0.384 e. The number of benzene rings is 5. The normalized spacial score (nSPS) is 13.6. The summed E-state index contributed by atoms with van der Waals surface area (Å²) >= 11 is 6.20. The maximum atomic E-state index is 14.7. The van der Waals surface area contributed by atoms with Gasteiger partial charge in [0.1, 0.15) is 17.5 Å². The van der Waals surface area contributed by atoms with E-state index in [2.05, 4.69) is 90.5 Å². The van der Waals surface area contributed by atoms with Crippen LogP contribution >= 0.6 is 11.6 Å². The molecule has 1 amide bonds. The van der Waals surface area contributed by atoms with Gasteiger partial charge in [-0.2, -0.15) is 5.10 Å². The summed E-state index contributed by atoms with van der Waals surface area (Å²) in [6.45, 7) is 8.67. The molecule has 592 valence electrons. The maximum Gasteiger partial charge on any atom is 0.250 e. The Balaban J connectivity index is 0.000000117. The van der Waals surface area contributed by atoms with Crippen molar-refractivity contribution in [1.29, 1.82) is 0 Å². The summed E-state index contributed by atoms with van der Waals surface area (Å²) in [5, 5.41) is 20.4. The molecule has 10 N–H and O–H groups in total. The van der Waals surface area contributed by atoms with Crippen LogP contribution in [0, 0.1) is 11.6 Å². The smallest absolute Gasteiger partial charge is 0.250 e. The fourth-order valence-electron chi connectivity index (χ4n) is 14.1. The molecule has 32 heteroatoms. The molecule has 28 nitrogen and oxygen atoms in total. The average Bonchev–Trinajstić information content (AvgIpc) is 1.72. The molecule has 3 aliphatic heterocycles. The topological polar surface area (TPSA) is 332 Å². The molecule has 3 fully saturated rings. The van der Waals surface area contributed by atoms with Gasteiger partial charge >= 0.3 is 0 Å². The van der Waals surface area contributed by atoms with E-state index in [9.17, 15) is 26.8 Å². The zero-order chi connectivity index (χ0) is 80.5. The lowest BCUT2D eigenvalue weighted by Gasteiger charge is -2.29. The minimum absolute atomic E-state index is 0.127. The molecule has 0 atom stereocenters. The van der Waals surface area contributed by atoms with Crippen LogP contribution in [0.15, 0.2) is 260 Å². The molecule has 3 saturated heterocycles. The number of hydrogen-bond acceptors (Lipinski definition) is 21. The van der Waals surface area contributed by atoms with Crippen molar-refractivity contribution in [3.63, 3.8) is 0 Å². The number of rotatable bonds is 17. The van der Waals surface area contributed by atoms with Gasteiger partial charge in [0.05, 0.1) is 118 Å². The van der Waals surface area contributed by atoms with Crippen molar-refractivity contribution < 1.29 is 36.2 Å². The highest BCUT2D eigenvalue weighted by Crippen LogP contribution is 2.36. The molecule has 0 bridgehead atoms. The Bertz CT molecular complexity index is 6400. The van der Waals surface area contributed by atoms with Crippen LogP contribution in [0.25, 0.3) is 67.6 Å². The predicted molar refractivity (Wildman–Crippen MR) is 452 cm³/mol. The molecule has 117 heavy (non-hydrogen) atoms. The van der Waals surface area contributed by atoms with Crippen LogP contribution in [-0.4, -0.2) is 157 Å². The Morgan fingerprint density at radius 3 is 1.30 bits per heavy atom. The van der Waals surface area contributed by atoms with Gasteiger partial charge in [-0.25, -0.2) is 42.1 Å². The number of anilines is 12. The SMILES string of the molecule is CS(=O)(=O)c1ccc(Nc2ccc(-c3ccc(C(N)=O)c(Cl)c3)n3ccnc23)cc1.Fc1cc(Nc2ccc(-c3cn[nH]c3)n3ccnc23)ccc1N1CCOCC1.Nc1ccc(-c2ccc(Nc3ccc(N4CCOCC4)c(F)c3)c3nccn23)cn1.O=c1cc(-c2ccc(Nc3ccc(N4CCOCC4)cc3)c3nccn23)cc[nH]1. The zero-order valence-electron chi connectivity index (χ0n) is 63.0. The van der Waals surface area contributed by atoms with Gasteiger partial charge in [-0.1, -0.05) is 17.7 Å². The van der Waals surface area contributed by atoms with Crippen LogP contribution in [0.2, 0.25) is 5.02 Å². The number of imidazole rings is 4. The number of nitrogen functional groups attached to an aromatic ring is 1. The molecule has 0 unspecified atom stereocenters.